The molecule has 5 rings (SSSR count). The molecule has 1 heterocycles. The largest absolute Gasteiger partial charge is 0.459 e. The molecule has 0 saturated heterocycles. The van der Waals surface area contributed by atoms with Crippen LogP contribution in [0.3, 0.4) is 0 Å². The average Bonchev–Trinajstić information content (AvgIpc) is 3.48. The fraction of sp³-hybridized carbons (Fsp3) is 0.192. The third-order valence-electron chi connectivity index (χ3n) is 6.05. The number of amides is 1. The number of sulfonamides is 1. The van der Waals surface area contributed by atoms with Crippen molar-refractivity contribution >= 4 is 38.3 Å². The molecule has 0 spiro atoms. The smallest absolute Gasteiger partial charge is 0.255 e. The van der Waals surface area contributed by atoms with Crippen molar-refractivity contribution in [2.24, 2.45) is 0 Å². The summed E-state index contributed by atoms with van der Waals surface area (Å²) in [5.41, 5.74) is 4.78. The molecule has 0 atom stereocenters. The minimum absolute atomic E-state index is 0.00343. The van der Waals surface area contributed by atoms with E-state index in [9.17, 15) is 13.2 Å². The van der Waals surface area contributed by atoms with Gasteiger partial charge in [-0.05, 0) is 79.9 Å². The summed E-state index contributed by atoms with van der Waals surface area (Å²) >= 11 is 0. The van der Waals surface area contributed by atoms with E-state index in [-0.39, 0.29) is 16.4 Å². The first-order valence-corrected chi connectivity index (χ1v) is 12.6. The van der Waals surface area contributed by atoms with Crippen molar-refractivity contribution in [3.8, 4) is 0 Å². The molecular formula is C26H25N3O4S. The van der Waals surface area contributed by atoms with Crippen molar-refractivity contribution in [2.45, 2.75) is 30.7 Å². The number of hydrogen-bond acceptors (Lipinski definition) is 5. The highest BCUT2D eigenvalue weighted by atomic mass is 32.2. The Balaban J connectivity index is 1.41. The molecule has 8 heteroatoms. The molecule has 3 aromatic carbocycles. The molecule has 7 nitrogen and oxygen atoms in total. The van der Waals surface area contributed by atoms with Crippen LogP contribution in [0, 0.1) is 0 Å². The number of fused-ring (bicyclic) bond motifs is 2. The summed E-state index contributed by atoms with van der Waals surface area (Å²) in [7, 11) is -2.41. The Morgan fingerprint density at radius 3 is 2.59 bits per heavy atom. The van der Waals surface area contributed by atoms with Gasteiger partial charge in [-0.3, -0.25) is 4.79 Å². The Bertz CT molecular complexity index is 1460. The zero-order chi connectivity index (χ0) is 23.7. The highest BCUT2D eigenvalue weighted by Gasteiger charge is 2.18. The van der Waals surface area contributed by atoms with Gasteiger partial charge in [0.25, 0.3) is 5.91 Å². The molecule has 1 aliphatic carbocycles. The van der Waals surface area contributed by atoms with Gasteiger partial charge in [0.1, 0.15) is 11.3 Å². The lowest BCUT2D eigenvalue weighted by molar-refractivity contribution is 0.102. The van der Waals surface area contributed by atoms with E-state index in [1.165, 1.54) is 30.3 Å². The van der Waals surface area contributed by atoms with E-state index in [4.69, 9.17) is 4.42 Å². The summed E-state index contributed by atoms with van der Waals surface area (Å²) in [6.07, 6.45) is 3.19. The van der Waals surface area contributed by atoms with Crippen LogP contribution in [0.15, 0.2) is 76.0 Å². The second-order valence-corrected chi connectivity index (χ2v) is 10.2. The van der Waals surface area contributed by atoms with Crippen LogP contribution in [-0.2, 0) is 29.4 Å². The second kappa shape index (κ2) is 8.96. The molecule has 4 aromatic rings. The Labute approximate surface area is 198 Å². The zero-order valence-electron chi connectivity index (χ0n) is 18.7. The number of hydrogen-bond donors (Lipinski definition) is 3. The van der Waals surface area contributed by atoms with Crippen molar-refractivity contribution < 1.29 is 17.6 Å². The lowest BCUT2D eigenvalue weighted by atomic mass is 10.1. The van der Waals surface area contributed by atoms with Crippen LogP contribution in [0.1, 0.15) is 33.7 Å². The molecule has 1 amide bonds. The van der Waals surface area contributed by atoms with Crippen LogP contribution >= 0.6 is 0 Å². The van der Waals surface area contributed by atoms with Gasteiger partial charge in [0.15, 0.2) is 0 Å². The van der Waals surface area contributed by atoms with E-state index >= 15 is 0 Å². The first-order valence-electron chi connectivity index (χ1n) is 11.1. The molecule has 0 unspecified atom stereocenters. The van der Waals surface area contributed by atoms with Crippen molar-refractivity contribution in [3.63, 3.8) is 0 Å². The second-order valence-electron chi connectivity index (χ2n) is 8.35. The van der Waals surface area contributed by atoms with Crippen molar-refractivity contribution in [1.82, 2.24) is 4.72 Å². The number of nitrogens with one attached hydrogen (secondary N) is 3. The monoisotopic (exact) mass is 475 g/mol. The predicted molar refractivity (Wildman–Crippen MR) is 133 cm³/mol. The van der Waals surface area contributed by atoms with E-state index < -0.39 is 10.0 Å². The fourth-order valence-electron chi connectivity index (χ4n) is 4.27. The maximum Gasteiger partial charge on any atom is 0.255 e. The topological polar surface area (TPSA) is 100 Å². The molecule has 34 heavy (non-hydrogen) atoms. The summed E-state index contributed by atoms with van der Waals surface area (Å²) in [5.74, 6) is 0.324. The van der Waals surface area contributed by atoms with Crippen LogP contribution in [0.5, 0.6) is 0 Å². The Morgan fingerprint density at radius 2 is 1.76 bits per heavy atom. The number of aryl methyl sites for hydroxylation is 2. The van der Waals surface area contributed by atoms with Gasteiger partial charge in [0.2, 0.25) is 10.0 Å². The maximum absolute atomic E-state index is 13.1. The zero-order valence-corrected chi connectivity index (χ0v) is 19.5. The number of para-hydroxylation sites is 1. The Kier molecular flexibility index (Phi) is 5.85. The van der Waals surface area contributed by atoms with Crippen LogP contribution in [-0.4, -0.2) is 21.4 Å². The average molecular weight is 476 g/mol. The van der Waals surface area contributed by atoms with Gasteiger partial charge in [-0.1, -0.05) is 24.3 Å². The van der Waals surface area contributed by atoms with Crippen LogP contribution in [0.2, 0.25) is 0 Å². The number of anilines is 2. The molecule has 0 radical (unpaired) electrons. The summed E-state index contributed by atoms with van der Waals surface area (Å²) in [6.45, 7) is 0.337. The molecule has 174 valence electrons. The number of rotatable bonds is 7. The van der Waals surface area contributed by atoms with Crippen LogP contribution in [0.4, 0.5) is 11.4 Å². The summed E-state index contributed by atoms with van der Waals surface area (Å²) in [5, 5.41) is 7.07. The number of benzene rings is 3. The molecule has 1 aliphatic rings. The Morgan fingerprint density at radius 1 is 0.941 bits per heavy atom. The molecule has 0 saturated carbocycles. The first kappa shape index (κ1) is 22.2. The number of furan rings is 1. The quantitative estimate of drug-likeness (QED) is 0.360. The van der Waals surface area contributed by atoms with Crippen LogP contribution in [0.25, 0.3) is 11.0 Å². The van der Waals surface area contributed by atoms with Crippen LogP contribution < -0.4 is 15.4 Å². The minimum atomic E-state index is -3.75. The lowest BCUT2D eigenvalue weighted by Crippen LogP contribution is -2.20. The van der Waals surface area contributed by atoms with E-state index in [0.717, 1.165) is 30.2 Å². The first-order chi connectivity index (χ1) is 16.4. The predicted octanol–water partition coefficient (Wildman–Crippen LogP) is 4.69. The SMILES string of the molecule is CNS(=O)(=O)c1cc(NCc2cc3ccccc3o2)cc(C(=O)Nc2ccc3c(c2)CCC3)c1. The standard InChI is InChI=1S/C26H25N3O4S/c1-27-34(31,32)24-14-20(26(30)29-21-10-9-17-6-4-7-18(17)11-21)12-22(15-24)28-16-23-13-19-5-2-3-8-25(19)33-23/h2-3,5,8-15,27-28H,4,6-7,16H2,1H3,(H,29,30). The number of carbonyl (C=O) groups excluding carboxylic acids is 1. The highest BCUT2D eigenvalue weighted by molar-refractivity contribution is 7.89. The molecular weight excluding hydrogens is 450 g/mol. The maximum atomic E-state index is 13.1. The number of carbonyl (C=O) groups is 1. The van der Waals surface area contributed by atoms with E-state index in [2.05, 4.69) is 15.4 Å². The fourth-order valence-corrected chi connectivity index (χ4v) is 5.07. The van der Waals surface area contributed by atoms with Gasteiger partial charge in [-0.2, -0.15) is 0 Å². The van der Waals surface area contributed by atoms with Crippen molar-refractivity contribution in [1.29, 1.82) is 0 Å². The van der Waals surface area contributed by atoms with Crippen molar-refractivity contribution in [3.05, 3.63) is 89.2 Å². The van der Waals surface area contributed by atoms with Gasteiger partial charge >= 0.3 is 0 Å². The highest BCUT2D eigenvalue weighted by Crippen LogP contribution is 2.26. The minimum Gasteiger partial charge on any atom is -0.459 e. The molecule has 3 N–H and O–H groups in total. The van der Waals surface area contributed by atoms with E-state index in [1.54, 1.807) is 6.07 Å². The summed E-state index contributed by atoms with van der Waals surface area (Å²) in [4.78, 5) is 13.1. The third kappa shape index (κ3) is 4.55. The Hall–Kier alpha value is -3.62. The molecule has 0 aliphatic heterocycles. The van der Waals surface area contributed by atoms with Gasteiger partial charge in [0.05, 0.1) is 11.4 Å². The van der Waals surface area contributed by atoms with Crippen molar-refractivity contribution in [2.75, 3.05) is 17.7 Å². The summed E-state index contributed by atoms with van der Waals surface area (Å²) < 4.78 is 33.2. The van der Waals surface area contributed by atoms with E-state index in [1.807, 2.05) is 48.5 Å². The summed E-state index contributed by atoms with van der Waals surface area (Å²) in [6, 6.07) is 20.1. The van der Waals surface area contributed by atoms with Gasteiger partial charge in [0, 0.05) is 22.3 Å². The normalized spacial score (nSPS) is 13.1. The lowest BCUT2D eigenvalue weighted by Gasteiger charge is -2.12. The van der Waals surface area contributed by atoms with Gasteiger partial charge < -0.3 is 15.1 Å². The molecule has 0 fully saturated rings. The third-order valence-corrected chi connectivity index (χ3v) is 7.44. The van der Waals surface area contributed by atoms with E-state index in [0.29, 0.717) is 23.7 Å². The van der Waals surface area contributed by atoms with Gasteiger partial charge in [-0.15, -0.1) is 0 Å². The molecule has 1 aromatic heterocycles. The molecule has 0 bridgehead atoms. The van der Waals surface area contributed by atoms with Gasteiger partial charge in [-0.25, -0.2) is 13.1 Å².